The molecule has 1 spiro atoms. The highest BCUT2D eigenvalue weighted by molar-refractivity contribution is 5.90. The summed E-state index contributed by atoms with van der Waals surface area (Å²) < 4.78 is 6.01. The van der Waals surface area contributed by atoms with Gasteiger partial charge in [0.2, 0.25) is 5.91 Å². The summed E-state index contributed by atoms with van der Waals surface area (Å²) in [5.74, 6) is -2.99. The van der Waals surface area contributed by atoms with E-state index in [0.29, 0.717) is 13.1 Å². The summed E-state index contributed by atoms with van der Waals surface area (Å²) >= 11 is 0. The summed E-state index contributed by atoms with van der Waals surface area (Å²) in [6.45, 7) is 4.58. The Bertz CT molecular complexity index is 725. The van der Waals surface area contributed by atoms with Crippen molar-refractivity contribution in [2.45, 2.75) is 31.6 Å². The Hall–Kier alpha value is -2.14. The topological polar surface area (TPSA) is 69.7 Å². The smallest absolute Gasteiger partial charge is 0.230 e. The van der Waals surface area contributed by atoms with E-state index in [0.717, 1.165) is 11.1 Å². The highest BCUT2D eigenvalue weighted by Gasteiger charge is 2.69. The van der Waals surface area contributed by atoms with Crippen LogP contribution in [-0.2, 0) is 20.9 Å². The molecule has 0 radical (unpaired) electrons. The van der Waals surface area contributed by atoms with Crippen molar-refractivity contribution < 1.29 is 19.4 Å². The molecule has 2 fully saturated rings. The first-order valence-electron chi connectivity index (χ1n) is 7.80. The molecular weight excluding hydrogens is 294 g/mol. The maximum atomic E-state index is 12.8. The summed E-state index contributed by atoms with van der Waals surface area (Å²) in [4.78, 5) is 26.1. The zero-order chi connectivity index (χ0) is 16.4. The number of benzene rings is 1. The number of carboxylic acid groups (broad SMARTS) is 1. The number of likely N-dealkylation sites (tertiary alicyclic amines) is 1. The van der Waals surface area contributed by atoms with E-state index >= 15 is 0 Å². The lowest BCUT2D eigenvalue weighted by Gasteiger charge is -2.30. The van der Waals surface area contributed by atoms with E-state index in [1.54, 1.807) is 17.9 Å². The van der Waals surface area contributed by atoms with Gasteiger partial charge < -0.3 is 19.5 Å². The third-order valence-corrected chi connectivity index (χ3v) is 5.35. The number of hydrogen-bond donors (Lipinski definition) is 0. The fourth-order valence-corrected chi connectivity index (χ4v) is 4.26. The van der Waals surface area contributed by atoms with Crippen LogP contribution in [0.1, 0.15) is 18.1 Å². The zero-order valence-corrected chi connectivity index (χ0v) is 13.1. The molecule has 1 aromatic carbocycles. The predicted molar refractivity (Wildman–Crippen MR) is 79.9 cm³/mol. The van der Waals surface area contributed by atoms with Crippen LogP contribution in [0, 0.1) is 18.8 Å². The molecular formula is C18H18NO4-. The highest BCUT2D eigenvalue weighted by Crippen LogP contribution is 2.56. The third kappa shape index (κ3) is 1.89. The standard InChI is InChI=1S/C18H19NO4/c1-11-3-5-12(6-4-11)9-19-10-18-8-7-17(2,23-18)14(16(21)22)13(18)15(19)20/h3-8,13-14H,9-10H2,1-2H3,(H,21,22)/p-1. The van der Waals surface area contributed by atoms with Crippen LogP contribution >= 0.6 is 0 Å². The molecule has 3 aliphatic heterocycles. The van der Waals surface area contributed by atoms with E-state index < -0.39 is 29.0 Å². The summed E-state index contributed by atoms with van der Waals surface area (Å²) in [5.41, 5.74) is 0.429. The first-order valence-corrected chi connectivity index (χ1v) is 7.80. The molecule has 3 aliphatic rings. The Kier molecular flexibility index (Phi) is 2.79. The predicted octanol–water partition coefficient (Wildman–Crippen LogP) is 0.417. The second-order valence-corrected chi connectivity index (χ2v) is 7.03. The minimum absolute atomic E-state index is 0.159. The molecule has 0 aliphatic carbocycles. The second kappa shape index (κ2) is 4.45. The Balaban J connectivity index is 1.64. The van der Waals surface area contributed by atoms with E-state index in [2.05, 4.69) is 0 Å². The molecule has 2 saturated heterocycles. The molecule has 5 nitrogen and oxygen atoms in total. The number of aryl methyl sites for hydroxylation is 1. The van der Waals surface area contributed by atoms with Crippen molar-refractivity contribution in [2.75, 3.05) is 6.54 Å². The fraction of sp³-hybridized carbons (Fsp3) is 0.444. The van der Waals surface area contributed by atoms with Crippen LogP contribution in [-0.4, -0.2) is 34.5 Å². The van der Waals surface area contributed by atoms with Crippen LogP contribution < -0.4 is 5.11 Å². The molecule has 3 heterocycles. The van der Waals surface area contributed by atoms with Gasteiger partial charge in [0.15, 0.2) is 0 Å². The van der Waals surface area contributed by atoms with E-state index in [1.165, 1.54) is 0 Å². The van der Waals surface area contributed by atoms with Gasteiger partial charge in [0.1, 0.15) is 5.60 Å². The highest BCUT2D eigenvalue weighted by atomic mass is 16.5. The van der Waals surface area contributed by atoms with Crippen LogP contribution in [0.25, 0.3) is 0 Å². The van der Waals surface area contributed by atoms with Crippen LogP contribution in [0.3, 0.4) is 0 Å². The van der Waals surface area contributed by atoms with Crippen molar-refractivity contribution in [3.05, 3.63) is 47.5 Å². The molecule has 0 saturated carbocycles. The van der Waals surface area contributed by atoms with Crippen molar-refractivity contribution in [2.24, 2.45) is 11.8 Å². The molecule has 120 valence electrons. The molecule has 23 heavy (non-hydrogen) atoms. The number of carbonyl (C=O) groups excluding carboxylic acids is 2. The number of hydrogen-bond acceptors (Lipinski definition) is 4. The Morgan fingerprint density at radius 3 is 2.70 bits per heavy atom. The number of nitrogens with zero attached hydrogens (tertiary/aromatic N) is 1. The van der Waals surface area contributed by atoms with E-state index in [9.17, 15) is 14.7 Å². The van der Waals surface area contributed by atoms with Crippen LogP contribution in [0.5, 0.6) is 0 Å². The first-order chi connectivity index (χ1) is 10.8. The molecule has 1 amide bonds. The Labute approximate surface area is 134 Å². The molecule has 4 rings (SSSR count). The van der Waals surface area contributed by atoms with Crippen LogP contribution in [0.15, 0.2) is 36.4 Å². The van der Waals surface area contributed by atoms with Crippen LogP contribution in [0.2, 0.25) is 0 Å². The van der Waals surface area contributed by atoms with Gasteiger partial charge in [-0.25, -0.2) is 0 Å². The van der Waals surface area contributed by atoms with Crippen molar-refractivity contribution in [3.8, 4) is 0 Å². The third-order valence-electron chi connectivity index (χ3n) is 5.35. The number of carboxylic acids is 1. The van der Waals surface area contributed by atoms with Gasteiger partial charge in [0.05, 0.1) is 18.1 Å². The summed E-state index contributed by atoms with van der Waals surface area (Å²) in [6.07, 6.45) is 3.64. The average molecular weight is 312 g/mol. The van der Waals surface area contributed by atoms with Crippen molar-refractivity contribution in [1.82, 2.24) is 4.90 Å². The van der Waals surface area contributed by atoms with Gasteiger partial charge in [-0.2, -0.15) is 0 Å². The molecule has 0 N–H and O–H groups in total. The summed E-state index contributed by atoms with van der Waals surface area (Å²) in [6, 6.07) is 7.98. The summed E-state index contributed by atoms with van der Waals surface area (Å²) in [5, 5.41) is 11.6. The minimum atomic E-state index is -1.21. The Morgan fingerprint density at radius 1 is 1.35 bits per heavy atom. The second-order valence-electron chi connectivity index (χ2n) is 7.03. The normalized spacial score (nSPS) is 37.5. The van der Waals surface area contributed by atoms with Crippen molar-refractivity contribution in [1.29, 1.82) is 0 Å². The van der Waals surface area contributed by atoms with E-state index in [-0.39, 0.29) is 5.91 Å². The quantitative estimate of drug-likeness (QED) is 0.758. The lowest BCUT2D eigenvalue weighted by Crippen LogP contribution is -2.48. The Morgan fingerprint density at radius 2 is 2.04 bits per heavy atom. The van der Waals surface area contributed by atoms with Crippen molar-refractivity contribution in [3.63, 3.8) is 0 Å². The minimum Gasteiger partial charge on any atom is -0.550 e. The maximum Gasteiger partial charge on any atom is 0.230 e. The zero-order valence-electron chi connectivity index (χ0n) is 13.1. The molecule has 2 bridgehead atoms. The summed E-state index contributed by atoms with van der Waals surface area (Å²) in [7, 11) is 0. The molecule has 1 aromatic rings. The number of fused-ring (bicyclic) bond motifs is 1. The molecule has 4 unspecified atom stereocenters. The lowest BCUT2D eigenvalue weighted by molar-refractivity contribution is -0.315. The lowest BCUT2D eigenvalue weighted by atomic mass is 9.72. The van der Waals surface area contributed by atoms with Gasteiger partial charge in [-0.15, -0.1) is 0 Å². The van der Waals surface area contributed by atoms with Crippen molar-refractivity contribution >= 4 is 11.9 Å². The number of amides is 1. The van der Waals surface area contributed by atoms with Gasteiger partial charge in [-0.3, -0.25) is 4.79 Å². The maximum absolute atomic E-state index is 12.8. The van der Waals surface area contributed by atoms with Gasteiger partial charge >= 0.3 is 0 Å². The SMILES string of the molecule is Cc1ccc(CN2CC34C=CC(C)(O3)C(C(=O)[O-])C4C2=O)cc1. The number of carbonyl (C=O) groups is 2. The van der Waals surface area contributed by atoms with Gasteiger partial charge in [-0.05, 0) is 19.4 Å². The fourth-order valence-electron chi connectivity index (χ4n) is 4.26. The first kappa shape index (κ1) is 14.5. The average Bonchev–Trinajstić information content (AvgIpc) is 3.04. The van der Waals surface area contributed by atoms with E-state index in [4.69, 9.17) is 4.74 Å². The van der Waals surface area contributed by atoms with Gasteiger partial charge in [0.25, 0.3) is 0 Å². The number of ether oxygens (including phenoxy) is 1. The number of rotatable bonds is 3. The monoisotopic (exact) mass is 312 g/mol. The molecule has 0 aromatic heterocycles. The number of aliphatic carboxylic acids is 1. The largest absolute Gasteiger partial charge is 0.550 e. The van der Waals surface area contributed by atoms with Gasteiger partial charge in [0, 0.05) is 18.4 Å². The molecule has 5 heteroatoms. The van der Waals surface area contributed by atoms with Gasteiger partial charge in [-0.1, -0.05) is 42.0 Å². The van der Waals surface area contributed by atoms with Crippen LogP contribution in [0.4, 0.5) is 0 Å². The van der Waals surface area contributed by atoms with E-state index in [1.807, 2.05) is 37.3 Å². The molecule has 4 atom stereocenters.